The van der Waals surface area contributed by atoms with Crippen LogP contribution in [0.3, 0.4) is 0 Å². The lowest BCUT2D eigenvalue weighted by molar-refractivity contribution is -0.146. The van der Waals surface area contributed by atoms with Gasteiger partial charge in [-0.1, -0.05) is 0 Å². The van der Waals surface area contributed by atoms with Gasteiger partial charge in [0.25, 0.3) is 0 Å². The molecule has 0 bridgehead atoms. The summed E-state index contributed by atoms with van der Waals surface area (Å²) in [7, 11) is 0. The number of likely N-dealkylation sites (tertiary alicyclic amines) is 1. The summed E-state index contributed by atoms with van der Waals surface area (Å²) in [6, 6.07) is -0.623. The number of carboxylic acid groups (broad SMARTS) is 1. The summed E-state index contributed by atoms with van der Waals surface area (Å²) in [5.74, 6) is -2.30. The summed E-state index contributed by atoms with van der Waals surface area (Å²) in [4.78, 5) is 33.7. The Bertz CT molecular complexity index is 277. The van der Waals surface area contributed by atoms with E-state index >= 15 is 0 Å². The Labute approximate surface area is 80.7 Å². The maximum Gasteiger partial charge on any atom is 0.312 e. The minimum atomic E-state index is -1.19. The Morgan fingerprint density at radius 3 is 2.57 bits per heavy atom. The molecular weight excluding hydrogens is 188 g/mol. The zero-order chi connectivity index (χ0) is 10.7. The molecule has 1 fully saturated rings. The van der Waals surface area contributed by atoms with Gasteiger partial charge in [-0.15, -0.1) is 0 Å². The van der Waals surface area contributed by atoms with E-state index in [1.54, 1.807) is 0 Å². The van der Waals surface area contributed by atoms with Crippen LogP contribution in [0.15, 0.2) is 0 Å². The fraction of sp³-hybridized carbons (Fsp3) is 0.625. The van der Waals surface area contributed by atoms with Gasteiger partial charge in [0, 0.05) is 6.54 Å². The highest BCUT2D eigenvalue weighted by Gasteiger charge is 2.33. The van der Waals surface area contributed by atoms with E-state index in [0.717, 1.165) is 0 Å². The molecule has 3 N–H and O–H groups in total. The Morgan fingerprint density at radius 2 is 2.07 bits per heavy atom. The van der Waals surface area contributed by atoms with Crippen LogP contribution in [0.25, 0.3) is 0 Å². The smallest absolute Gasteiger partial charge is 0.312 e. The summed E-state index contributed by atoms with van der Waals surface area (Å²) < 4.78 is 0. The van der Waals surface area contributed by atoms with Crippen molar-refractivity contribution in [3.63, 3.8) is 0 Å². The van der Waals surface area contributed by atoms with E-state index in [1.165, 1.54) is 4.90 Å². The van der Waals surface area contributed by atoms with Crippen molar-refractivity contribution in [1.82, 2.24) is 4.90 Å². The van der Waals surface area contributed by atoms with Gasteiger partial charge in [0.15, 0.2) is 0 Å². The lowest BCUT2D eigenvalue weighted by Crippen LogP contribution is -2.44. The molecule has 6 heteroatoms. The monoisotopic (exact) mass is 200 g/mol. The van der Waals surface area contributed by atoms with Crippen LogP contribution in [0.4, 0.5) is 0 Å². The molecule has 78 valence electrons. The predicted octanol–water partition coefficient (Wildman–Crippen LogP) is -1.06. The topological polar surface area (TPSA) is 101 Å². The number of carboxylic acids is 1. The first-order valence-electron chi connectivity index (χ1n) is 4.33. The summed E-state index contributed by atoms with van der Waals surface area (Å²) in [6.45, 7) is 0.416. The second-order valence-electron chi connectivity index (χ2n) is 3.22. The molecule has 1 rings (SSSR count). The van der Waals surface area contributed by atoms with Crippen LogP contribution in [0, 0.1) is 0 Å². The summed E-state index contributed by atoms with van der Waals surface area (Å²) >= 11 is 0. The number of hydrogen-bond acceptors (Lipinski definition) is 3. The number of amides is 2. The van der Waals surface area contributed by atoms with Crippen LogP contribution in [-0.4, -0.2) is 40.4 Å². The third kappa shape index (κ3) is 2.21. The molecule has 1 saturated heterocycles. The average molecular weight is 200 g/mol. The van der Waals surface area contributed by atoms with Crippen molar-refractivity contribution < 1.29 is 19.5 Å². The van der Waals surface area contributed by atoms with E-state index in [0.29, 0.717) is 19.4 Å². The fourth-order valence-corrected chi connectivity index (χ4v) is 1.59. The highest BCUT2D eigenvalue weighted by atomic mass is 16.4. The third-order valence-electron chi connectivity index (χ3n) is 2.20. The second-order valence-corrected chi connectivity index (χ2v) is 3.22. The molecule has 0 aromatic rings. The van der Waals surface area contributed by atoms with Gasteiger partial charge < -0.3 is 15.7 Å². The summed E-state index contributed by atoms with van der Waals surface area (Å²) in [6.07, 6.45) is 0.642. The van der Waals surface area contributed by atoms with Gasteiger partial charge in [-0.25, -0.2) is 0 Å². The average Bonchev–Trinajstić information content (AvgIpc) is 2.49. The van der Waals surface area contributed by atoms with Gasteiger partial charge in [-0.05, 0) is 12.8 Å². The standard InChI is InChI=1S/C8H12N2O4/c9-8(14)5-2-1-3-10(5)6(11)4-7(12)13/h5H,1-4H2,(H2,9,14)(H,12,13). The quantitative estimate of drug-likeness (QED) is 0.567. The number of carbonyl (C=O) groups excluding carboxylic acids is 2. The van der Waals surface area contributed by atoms with Crippen molar-refractivity contribution in [3.05, 3.63) is 0 Å². The van der Waals surface area contributed by atoms with E-state index in [9.17, 15) is 14.4 Å². The van der Waals surface area contributed by atoms with Gasteiger partial charge in [-0.2, -0.15) is 0 Å². The first-order chi connectivity index (χ1) is 6.52. The van der Waals surface area contributed by atoms with Crippen LogP contribution in [-0.2, 0) is 14.4 Å². The van der Waals surface area contributed by atoms with Gasteiger partial charge >= 0.3 is 5.97 Å². The van der Waals surface area contributed by atoms with E-state index in [-0.39, 0.29) is 0 Å². The predicted molar refractivity (Wildman–Crippen MR) is 46.2 cm³/mol. The molecule has 2 amide bonds. The van der Waals surface area contributed by atoms with Crippen LogP contribution >= 0.6 is 0 Å². The molecule has 0 saturated carbocycles. The number of nitrogens with two attached hydrogens (primary N) is 1. The Balaban J connectivity index is 2.62. The molecule has 0 aromatic heterocycles. The fourth-order valence-electron chi connectivity index (χ4n) is 1.59. The molecule has 14 heavy (non-hydrogen) atoms. The zero-order valence-electron chi connectivity index (χ0n) is 7.60. The number of aliphatic carboxylic acids is 1. The number of rotatable bonds is 3. The lowest BCUT2D eigenvalue weighted by atomic mass is 10.2. The molecule has 1 unspecified atom stereocenters. The van der Waals surface area contributed by atoms with Crippen molar-refractivity contribution in [2.24, 2.45) is 5.73 Å². The summed E-state index contributed by atoms with van der Waals surface area (Å²) in [5.41, 5.74) is 5.08. The molecule has 0 aromatic carbocycles. The lowest BCUT2D eigenvalue weighted by Gasteiger charge is -2.21. The molecule has 1 aliphatic rings. The number of nitrogens with zero attached hydrogens (tertiary/aromatic N) is 1. The molecule has 0 aliphatic carbocycles. The highest BCUT2D eigenvalue weighted by molar-refractivity contribution is 5.96. The van der Waals surface area contributed by atoms with Crippen LogP contribution in [0.2, 0.25) is 0 Å². The van der Waals surface area contributed by atoms with E-state index < -0.39 is 30.2 Å². The second kappa shape index (κ2) is 4.08. The number of carbonyl (C=O) groups is 3. The van der Waals surface area contributed by atoms with Crippen molar-refractivity contribution in [2.75, 3.05) is 6.54 Å². The SMILES string of the molecule is NC(=O)C1CCCN1C(=O)CC(=O)O. The van der Waals surface area contributed by atoms with Crippen molar-refractivity contribution in [2.45, 2.75) is 25.3 Å². The molecule has 0 spiro atoms. The molecule has 6 nitrogen and oxygen atoms in total. The molecular formula is C8H12N2O4. The number of primary amides is 1. The largest absolute Gasteiger partial charge is 0.481 e. The van der Waals surface area contributed by atoms with Gasteiger partial charge in [0.1, 0.15) is 12.5 Å². The normalized spacial score (nSPS) is 20.9. The molecule has 0 radical (unpaired) electrons. The first kappa shape index (κ1) is 10.5. The molecule has 1 heterocycles. The van der Waals surface area contributed by atoms with Crippen molar-refractivity contribution >= 4 is 17.8 Å². The molecule has 1 atom stereocenters. The molecule has 1 aliphatic heterocycles. The summed E-state index contributed by atoms with van der Waals surface area (Å²) in [5, 5.41) is 8.41. The maximum atomic E-state index is 11.3. The van der Waals surface area contributed by atoms with Crippen molar-refractivity contribution in [1.29, 1.82) is 0 Å². The van der Waals surface area contributed by atoms with Gasteiger partial charge in [0.2, 0.25) is 11.8 Å². The maximum absolute atomic E-state index is 11.3. The zero-order valence-corrected chi connectivity index (χ0v) is 7.60. The minimum absolute atomic E-state index is 0.416. The Hall–Kier alpha value is -1.59. The Morgan fingerprint density at radius 1 is 1.43 bits per heavy atom. The first-order valence-corrected chi connectivity index (χ1v) is 4.33. The Kier molecular flexibility index (Phi) is 3.06. The third-order valence-corrected chi connectivity index (χ3v) is 2.20. The minimum Gasteiger partial charge on any atom is -0.481 e. The van der Waals surface area contributed by atoms with E-state index in [1.807, 2.05) is 0 Å². The van der Waals surface area contributed by atoms with Crippen LogP contribution < -0.4 is 5.73 Å². The van der Waals surface area contributed by atoms with Crippen LogP contribution in [0.1, 0.15) is 19.3 Å². The van der Waals surface area contributed by atoms with E-state index in [2.05, 4.69) is 0 Å². The van der Waals surface area contributed by atoms with Crippen LogP contribution in [0.5, 0.6) is 0 Å². The van der Waals surface area contributed by atoms with Crippen molar-refractivity contribution in [3.8, 4) is 0 Å². The highest BCUT2D eigenvalue weighted by Crippen LogP contribution is 2.17. The van der Waals surface area contributed by atoms with Gasteiger partial charge in [-0.3, -0.25) is 14.4 Å². The van der Waals surface area contributed by atoms with E-state index in [4.69, 9.17) is 10.8 Å². The van der Waals surface area contributed by atoms with Gasteiger partial charge in [0.05, 0.1) is 0 Å². The number of hydrogen-bond donors (Lipinski definition) is 2.